The number of hydrogen-bond donors (Lipinski definition) is 2. The summed E-state index contributed by atoms with van der Waals surface area (Å²) in [5, 5.41) is 7.02. The van der Waals surface area contributed by atoms with Gasteiger partial charge in [0.1, 0.15) is 17.5 Å². The van der Waals surface area contributed by atoms with Crippen LogP contribution in [0.1, 0.15) is 49.3 Å². The van der Waals surface area contributed by atoms with Crippen LogP contribution in [0.2, 0.25) is 0 Å². The number of nitrogens with zero attached hydrogens (tertiary/aromatic N) is 5. The molecule has 5 rings (SSSR count). The van der Waals surface area contributed by atoms with Gasteiger partial charge in [-0.05, 0) is 25.3 Å². The zero-order valence-electron chi connectivity index (χ0n) is 18.5. The van der Waals surface area contributed by atoms with Gasteiger partial charge in [-0.15, -0.1) is 0 Å². The van der Waals surface area contributed by atoms with Crippen molar-refractivity contribution in [3.8, 4) is 0 Å². The van der Waals surface area contributed by atoms with Gasteiger partial charge in [0.15, 0.2) is 0 Å². The van der Waals surface area contributed by atoms with Gasteiger partial charge in [0.05, 0.1) is 23.5 Å². The quantitative estimate of drug-likeness (QED) is 0.607. The molecular weight excluding hydrogens is 428 g/mol. The minimum Gasteiger partial charge on any atom is -0.353 e. The number of alkyl halides is 2. The van der Waals surface area contributed by atoms with Crippen LogP contribution in [0.3, 0.4) is 0 Å². The van der Waals surface area contributed by atoms with E-state index in [1.165, 1.54) is 0 Å². The van der Waals surface area contributed by atoms with Crippen LogP contribution in [-0.2, 0) is 0 Å². The molecule has 33 heavy (non-hydrogen) atoms. The van der Waals surface area contributed by atoms with Crippen molar-refractivity contribution in [1.29, 1.82) is 0 Å². The first kappa shape index (κ1) is 21.7. The predicted octanol–water partition coefficient (Wildman–Crippen LogP) is 3.70. The third-order valence-electron chi connectivity index (χ3n) is 6.64. The normalized spacial score (nSPS) is 17.3. The van der Waals surface area contributed by atoms with E-state index in [2.05, 4.69) is 30.5 Å². The zero-order valence-corrected chi connectivity index (χ0v) is 18.5. The van der Waals surface area contributed by atoms with E-state index in [1.807, 2.05) is 0 Å². The van der Waals surface area contributed by atoms with E-state index in [0.29, 0.717) is 28.1 Å². The molecule has 1 saturated carbocycles. The smallest absolute Gasteiger partial charge is 0.269 e. The molecule has 0 atom stereocenters. The number of aromatic nitrogens is 4. The van der Waals surface area contributed by atoms with Crippen molar-refractivity contribution < 1.29 is 8.78 Å². The van der Waals surface area contributed by atoms with Crippen molar-refractivity contribution in [2.45, 2.75) is 45.1 Å². The second-order valence-electron chi connectivity index (χ2n) is 8.66. The standard InChI is InChI=1S/C23H27F2N7O/c1-14-16-11-27-18(30-19-12-29-20(13-28-19)31-8-6-26-7-9-31)10-17(16)32(15-4-2-3-5-15)23(33)21(14)22(24)25/h10-13,15,22,26H,2-9H2,1H3,(H,27,28,30). The largest absolute Gasteiger partial charge is 0.353 e. The second kappa shape index (κ2) is 9.01. The summed E-state index contributed by atoms with van der Waals surface area (Å²) in [6, 6.07) is 1.68. The van der Waals surface area contributed by atoms with Gasteiger partial charge in [-0.3, -0.25) is 4.79 Å². The van der Waals surface area contributed by atoms with Crippen molar-refractivity contribution in [3.63, 3.8) is 0 Å². The first-order chi connectivity index (χ1) is 16.0. The highest BCUT2D eigenvalue weighted by molar-refractivity contribution is 5.85. The Morgan fingerprint density at radius 3 is 2.45 bits per heavy atom. The molecule has 3 aromatic heterocycles. The Kier molecular flexibility index (Phi) is 5.92. The average molecular weight is 456 g/mol. The SMILES string of the molecule is Cc1c(C(F)F)c(=O)n(C2CCCC2)c2cc(Nc3cnc(N4CCNCC4)cn3)ncc12. The minimum atomic E-state index is -2.82. The molecular formula is C23H27F2N7O. The van der Waals surface area contributed by atoms with E-state index in [9.17, 15) is 13.6 Å². The van der Waals surface area contributed by atoms with E-state index < -0.39 is 17.5 Å². The fourth-order valence-corrected chi connectivity index (χ4v) is 4.90. The lowest BCUT2D eigenvalue weighted by Gasteiger charge is -2.28. The molecule has 174 valence electrons. The van der Waals surface area contributed by atoms with E-state index in [1.54, 1.807) is 36.1 Å². The summed E-state index contributed by atoms with van der Waals surface area (Å²) >= 11 is 0. The number of anilines is 3. The Labute approximate surface area is 190 Å². The summed E-state index contributed by atoms with van der Waals surface area (Å²) in [6.45, 7) is 5.16. The molecule has 3 aromatic rings. The van der Waals surface area contributed by atoms with Gasteiger partial charge in [0.2, 0.25) is 0 Å². The van der Waals surface area contributed by atoms with Crippen molar-refractivity contribution in [2.75, 3.05) is 36.4 Å². The number of hydrogen-bond acceptors (Lipinski definition) is 7. The van der Waals surface area contributed by atoms with E-state index in [0.717, 1.165) is 57.7 Å². The lowest BCUT2D eigenvalue weighted by molar-refractivity contribution is 0.148. The number of aryl methyl sites for hydroxylation is 1. The fourth-order valence-electron chi connectivity index (χ4n) is 4.90. The van der Waals surface area contributed by atoms with Crippen LogP contribution in [0.25, 0.3) is 10.9 Å². The van der Waals surface area contributed by atoms with Crippen LogP contribution in [0.4, 0.5) is 26.2 Å². The van der Waals surface area contributed by atoms with Gasteiger partial charge < -0.3 is 20.1 Å². The zero-order chi connectivity index (χ0) is 22.9. The summed E-state index contributed by atoms with van der Waals surface area (Å²) in [5.74, 6) is 1.83. The molecule has 0 unspecified atom stereocenters. The highest BCUT2D eigenvalue weighted by atomic mass is 19.3. The maximum Gasteiger partial charge on any atom is 0.269 e. The van der Waals surface area contributed by atoms with E-state index in [-0.39, 0.29) is 6.04 Å². The maximum atomic E-state index is 13.7. The first-order valence-electron chi connectivity index (χ1n) is 11.4. The highest BCUT2D eigenvalue weighted by Gasteiger charge is 2.27. The number of rotatable bonds is 5. The van der Waals surface area contributed by atoms with Gasteiger partial charge in [0.25, 0.3) is 12.0 Å². The average Bonchev–Trinajstić information content (AvgIpc) is 3.34. The number of halogens is 2. The topological polar surface area (TPSA) is 88.0 Å². The summed E-state index contributed by atoms with van der Waals surface area (Å²) in [4.78, 5) is 28.7. The van der Waals surface area contributed by atoms with Crippen LogP contribution in [0.5, 0.6) is 0 Å². The summed E-state index contributed by atoms with van der Waals surface area (Å²) in [6.07, 6.45) is 5.71. The Hall–Kier alpha value is -3.14. The molecule has 10 heteroatoms. The van der Waals surface area contributed by atoms with Gasteiger partial charge in [0, 0.05) is 49.9 Å². The number of nitrogens with one attached hydrogen (secondary N) is 2. The van der Waals surface area contributed by atoms with Gasteiger partial charge in [-0.2, -0.15) is 0 Å². The summed E-state index contributed by atoms with van der Waals surface area (Å²) in [5.41, 5.74) is -0.111. The third kappa shape index (κ3) is 4.15. The van der Waals surface area contributed by atoms with Crippen molar-refractivity contribution in [1.82, 2.24) is 24.8 Å². The molecule has 0 bridgehead atoms. The van der Waals surface area contributed by atoms with Gasteiger partial charge in [-0.25, -0.2) is 23.7 Å². The molecule has 1 aliphatic carbocycles. The Balaban J connectivity index is 1.50. The summed E-state index contributed by atoms with van der Waals surface area (Å²) < 4.78 is 29.1. The van der Waals surface area contributed by atoms with Gasteiger partial charge >= 0.3 is 0 Å². The molecule has 2 N–H and O–H groups in total. The summed E-state index contributed by atoms with van der Waals surface area (Å²) in [7, 11) is 0. The van der Waals surface area contributed by atoms with E-state index in [4.69, 9.17) is 0 Å². The van der Waals surface area contributed by atoms with Gasteiger partial charge in [-0.1, -0.05) is 12.8 Å². The molecule has 1 saturated heterocycles. The van der Waals surface area contributed by atoms with Crippen LogP contribution >= 0.6 is 0 Å². The molecule has 2 aliphatic rings. The van der Waals surface area contributed by atoms with Crippen LogP contribution in [-0.4, -0.2) is 45.7 Å². The van der Waals surface area contributed by atoms with Crippen molar-refractivity contribution in [3.05, 3.63) is 46.1 Å². The number of pyridine rings is 2. The molecule has 8 nitrogen and oxygen atoms in total. The third-order valence-corrected chi connectivity index (χ3v) is 6.64. The fraction of sp³-hybridized carbons (Fsp3) is 0.478. The Bertz CT molecular complexity index is 1200. The van der Waals surface area contributed by atoms with E-state index >= 15 is 0 Å². The molecule has 1 aliphatic heterocycles. The molecule has 0 aromatic carbocycles. The lowest BCUT2D eigenvalue weighted by Crippen LogP contribution is -2.43. The van der Waals surface area contributed by atoms with Crippen molar-refractivity contribution >= 4 is 28.4 Å². The van der Waals surface area contributed by atoms with Crippen LogP contribution in [0.15, 0.2) is 29.5 Å². The van der Waals surface area contributed by atoms with Crippen LogP contribution in [0, 0.1) is 6.92 Å². The number of piperazine rings is 1. The second-order valence-corrected chi connectivity index (χ2v) is 8.66. The molecule has 0 spiro atoms. The minimum absolute atomic E-state index is 0.0774. The maximum absolute atomic E-state index is 13.7. The first-order valence-corrected chi connectivity index (χ1v) is 11.4. The van der Waals surface area contributed by atoms with Crippen LogP contribution < -0.4 is 21.1 Å². The number of fused-ring (bicyclic) bond motifs is 1. The Morgan fingerprint density at radius 2 is 1.79 bits per heavy atom. The molecule has 4 heterocycles. The molecule has 2 fully saturated rings. The lowest BCUT2D eigenvalue weighted by atomic mass is 10.0. The Morgan fingerprint density at radius 1 is 1.06 bits per heavy atom. The monoisotopic (exact) mass is 455 g/mol. The highest BCUT2D eigenvalue weighted by Crippen LogP contribution is 2.34. The molecule has 0 amide bonds. The van der Waals surface area contributed by atoms with Crippen molar-refractivity contribution in [2.24, 2.45) is 0 Å². The predicted molar refractivity (Wildman–Crippen MR) is 124 cm³/mol. The molecule has 0 radical (unpaired) electrons.